The van der Waals surface area contributed by atoms with Crippen molar-refractivity contribution >= 4 is 0 Å². The van der Waals surface area contributed by atoms with Crippen molar-refractivity contribution in [1.29, 1.82) is 0 Å². The van der Waals surface area contributed by atoms with Gasteiger partial charge in [0.1, 0.15) is 0 Å². The number of aromatic nitrogens is 1. The van der Waals surface area contributed by atoms with Crippen LogP contribution in [0.5, 0.6) is 0 Å². The van der Waals surface area contributed by atoms with Crippen molar-refractivity contribution in [2.75, 3.05) is 0 Å². The number of nitrogens with two attached hydrogens (primary N) is 1. The van der Waals surface area contributed by atoms with E-state index in [-0.39, 0.29) is 5.41 Å². The fraction of sp³-hybridized carbons (Fsp3) is 0.625. The first kappa shape index (κ1) is 8.27. The Morgan fingerprint density at radius 1 is 1.55 bits per heavy atom. The molecular formula is C8H14N2O. The Morgan fingerprint density at radius 3 is 2.45 bits per heavy atom. The quantitative estimate of drug-likeness (QED) is 0.665. The minimum absolute atomic E-state index is 0.0525. The van der Waals surface area contributed by atoms with Gasteiger partial charge in [0.15, 0.2) is 5.76 Å². The molecule has 0 aliphatic rings. The van der Waals surface area contributed by atoms with Gasteiger partial charge in [-0.15, -0.1) is 0 Å². The van der Waals surface area contributed by atoms with Crippen molar-refractivity contribution in [3.05, 3.63) is 17.5 Å². The third-order valence-electron chi connectivity index (χ3n) is 1.53. The molecule has 0 aliphatic carbocycles. The highest BCUT2D eigenvalue weighted by Crippen LogP contribution is 2.20. The maximum Gasteiger partial charge on any atom is 0.150 e. The van der Waals surface area contributed by atoms with Crippen LogP contribution in [0.4, 0.5) is 0 Å². The lowest BCUT2D eigenvalue weighted by atomic mass is 9.92. The van der Waals surface area contributed by atoms with E-state index in [9.17, 15) is 0 Å². The highest BCUT2D eigenvalue weighted by molar-refractivity contribution is 5.13. The van der Waals surface area contributed by atoms with Gasteiger partial charge in [0.25, 0.3) is 0 Å². The summed E-state index contributed by atoms with van der Waals surface area (Å²) in [4.78, 5) is 0. The molecule has 0 spiro atoms. The molecule has 2 N–H and O–H groups in total. The topological polar surface area (TPSA) is 52.0 Å². The molecule has 1 aromatic rings. The standard InChI is InChI=1S/C8H14N2O/c1-8(2,3)7-4-6(5-9)11-10-7/h4H,5,9H2,1-3H3. The van der Waals surface area contributed by atoms with Gasteiger partial charge in [-0.25, -0.2) is 0 Å². The first-order valence-electron chi connectivity index (χ1n) is 3.70. The van der Waals surface area contributed by atoms with Crippen LogP contribution in [-0.4, -0.2) is 5.16 Å². The molecule has 0 unspecified atom stereocenters. The zero-order valence-corrected chi connectivity index (χ0v) is 7.22. The number of nitrogens with zero attached hydrogens (tertiary/aromatic N) is 1. The van der Waals surface area contributed by atoms with E-state index in [1.165, 1.54) is 0 Å². The molecule has 3 nitrogen and oxygen atoms in total. The smallest absolute Gasteiger partial charge is 0.150 e. The highest BCUT2D eigenvalue weighted by Gasteiger charge is 2.18. The second-order valence-electron chi connectivity index (χ2n) is 3.63. The van der Waals surface area contributed by atoms with Gasteiger partial charge in [-0.1, -0.05) is 25.9 Å². The molecule has 11 heavy (non-hydrogen) atoms. The molecule has 0 saturated heterocycles. The Bertz CT molecular complexity index is 234. The molecule has 1 rings (SSSR count). The summed E-state index contributed by atoms with van der Waals surface area (Å²) >= 11 is 0. The van der Waals surface area contributed by atoms with E-state index >= 15 is 0 Å². The fourth-order valence-electron chi connectivity index (χ4n) is 0.763. The van der Waals surface area contributed by atoms with Crippen LogP contribution in [0.3, 0.4) is 0 Å². The lowest BCUT2D eigenvalue weighted by Crippen LogP contribution is -2.11. The minimum Gasteiger partial charge on any atom is -0.360 e. The predicted molar refractivity (Wildman–Crippen MR) is 43.1 cm³/mol. The second-order valence-corrected chi connectivity index (χ2v) is 3.63. The van der Waals surface area contributed by atoms with Crippen LogP contribution in [-0.2, 0) is 12.0 Å². The van der Waals surface area contributed by atoms with Gasteiger partial charge in [-0.05, 0) is 0 Å². The van der Waals surface area contributed by atoms with E-state index in [1.807, 2.05) is 6.07 Å². The summed E-state index contributed by atoms with van der Waals surface area (Å²) < 4.78 is 4.97. The van der Waals surface area contributed by atoms with Gasteiger partial charge in [0.05, 0.1) is 12.2 Å². The van der Waals surface area contributed by atoms with Crippen molar-refractivity contribution in [3.63, 3.8) is 0 Å². The average molecular weight is 154 g/mol. The number of hydrogen-bond donors (Lipinski definition) is 1. The summed E-state index contributed by atoms with van der Waals surface area (Å²) in [5.74, 6) is 0.745. The largest absolute Gasteiger partial charge is 0.360 e. The zero-order valence-electron chi connectivity index (χ0n) is 7.22. The van der Waals surface area contributed by atoms with Crippen molar-refractivity contribution in [2.45, 2.75) is 32.7 Å². The second kappa shape index (κ2) is 2.66. The summed E-state index contributed by atoms with van der Waals surface area (Å²) in [6.45, 7) is 6.69. The van der Waals surface area contributed by atoms with E-state index in [2.05, 4.69) is 25.9 Å². The van der Waals surface area contributed by atoms with E-state index in [1.54, 1.807) is 0 Å². The van der Waals surface area contributed by atoms with Gasteiger partial charge < -0.3 is 10.3 Å². The van der Waals surface area contributed by atoms with E-state index < -0.39 is 0 Å². The predicted octanol–water partition coefficient (Wildman–Crippen LogP) is 1.43. The lowest BCUT2D eigenvalue weighted by molar-refractivity contribution is 0.365. The van der Waals surface area contributed by atoms with Crippen LogP contribution in [0, 0.1) is 0 Å². The van der Waals surface area contributed by atoms with E-state index in [0.717, 1.165) is 11.5 Å². The Balaban J connectivity index is 2.89. The molecule has 62 valence electrons. The maximum absolute atomic E-state index is 5.37. The van der Waals surface area contributed by atoms with Crippen molar-refractivity contribution in [2.24, 2.45) is 5.73 Å². The first-order chi connectivity index (χ1) is 5.04. The summed E-state index contributed by atoms with van der Waals surface area (Å²) in [6, 6.07) is 1.90. The number of rotatable bonds is 1. The van der Waals surface area contributed by atoms with Crippen molar-refractivity contribution < 1.29 is 4.52 Å². The summed E-state index contributed by atoms with van der Waals surface area (Å²) in [5, 5.41) is 3.90. The van der Waals surface area contributed by atoms with Gasteiger partial charge in [-0.3, -0.25) is 0 Å². The lowest BCUT2D eigenvalue weighted by Gasteiger charge is -2.12. The summed E-state index contributed by atoms with van der Waals surface area (Å²) in [7, 11) is 0. The maximum atomic E-state index is 5.37. The Hall–Kier alpha value is -0.830. The summed E-state index contributed by atoms with van der Waals surface area (Å²) in [6.07, 6.45) is 0. The fourth-order valence-corrected chi connectivity index (χ4v) is 0.763. The Kier molecular flexibility index (Phi) is 2.00. The SMILES string of the molecule is CC(C)(C)c1cc(CN)on1. The Labute approximate surface area is 66.6 Å². The van der Waals surface area contributed by atoms with Crippen LogP contribution in [0.2, 0.25) is 0 Å². The molecule has 0 aromatic carbocycles. The molecule has 0 aliphatic heterocycles. The van der Waals surface area contributed by atoms with Crippen LogP contribution in [0.1, 0.15) is 32.2 Å². The first-order valence-corrected chi connectivity index (χ1v) is 3.70. The van der Waals surface area contributed by atoms with Gasteiger partial charge >= 0.3 is 0 Å². The van der Waals surface area contributed by atoms with Crippen LogP contribution in [0.15, 0.2) is 10.6 Å². The Morgan fingerprint density at radius 2 is 2.18 bits per heavy atom. The zero-order chi connectivity index (χ0) is 8.48. The van der Waals surface area contributed by atoms with Gasteiger partial charge in [0, 0.05) is 11.5 Å². The molecule has 0 bridgehead atoms. The molecule has 0 atom stereocenters. The van der Waals surface area contributed by atoms with Crippen LogP contribution >= 0.6 is 0 Å². The molecule has 0 fully saturated rings. The van der Waals surface area contributed by atoms with Crippen LogP contribution in [0.25, 0.3) is 0 Å². The minimum atomic E-state index is 0.0525. The average Bonchev–Trinajstić information content (AvgIpc) is 2.32. The molecule has 3 heteroatoms. The van der Waals surface area contributed by atoms with E-state index in [0.29, 0.717) is 6.54 Å². The third kappa shape index (κ3) is 1.80. The van der Waals surface area contributed by atoms with Gasteiger partial charge in [-0.2, -0.15) is 0 Å². The van der Waals surface area contributed by atoms with Crippen molar-refractivity contribution in [3.8, 4) is 0 Å². The van der Waals surface area contributed by atoms with Crippen LogP contribution < -0.4 is 5.73 Å². The highest BCUT2D eigenvalue weighted by atomic mass is 16.5. The molecule has 0 saturated carbocycles. The number of hydrogen-bond acceptors (Lipinski definition) is 3. The monoisotopic (exact) mass is 154 g/mol. The third-order valence-corrected chi connectivity index (χ3v) is 1.53. The molecule has 1 heterocycles. The van der Waals surface area contributed by atoms with Crippen molar-refractivity contribution in [1.82, 2.24) is 5.16 Å². The normalized spacial score (nSPS) is 12.0. The molecule has 0 radical (unpaired) electrons. The van der Waals surface area contributed by atoms with E-state index in [4.69, 9.17) is 10.3 Å². The molecule has 1 aromatic heterocycles. The van der Waals surface area contributed by atoms with Gasteiger partial charge in [0.2, 0.25) is 0 Å². The summed E-state index contributed by atoms with van der Waals surface area (Å²) in [5.41, 5.74) is 6.38. The molecule has 0 amide bonds. The molecular weight excluding hydrogens is 140 g/mol.